The number of rotatable bonds is 8. The SMILES string of the molecule is CC1(CSc2ccccc2C(=O)NCCc2ccc(S(N)(=O)=O)cc2)NC(=O)NC1=O. The Balaban J connectivity index is 1.58. The Bertz CT molecular complexity index is 1120. The van der Waals surface area contributed by atoms with Crippen molar-refractivity contribution in [2.45, 2.75) is 28.7 Å². The lowest BCUT2D eigenvalue weighted by Gasteiger charge is -2.20. The van der Waals surface area contributed by atoms with Crippen LogP contribution in [-0.2, 0) is 21.2 Å². The molecule has 4 amide bonds. The highest BCUT2D eigenvalue weighted by Crippen LogP contribution is 2.27. The van der Waals surface area contributed by atoms with Gasteiger partial charge in [0.1, 0.15) is 5.54 Å². The molecule has 1 fully saturated rings. The molecule has 5 N–H and O–H groups in total. The van der Waals surface area contributed by atoms with Gasteiger partial charge in [-0.2, -0.15) is 0 Å². The first-order chi connectivity index (χ1) is 14.6. The van der Waals surface area contributed by atoms with Crippen molar-refractivity contribution in [2.75, 3.05) is 12.3 Å². The van der Waals surface area contributed by atoms with Gasteiger partial charge in [-0.3, -0.25) is 14.9 Å². The Hall–Kier alpha value is -2.89. The van der Waals surface area contributed by atoms with Crippen LogP contribution in [-0.4, -0.2) is 44.1 Å². The fraction of sp³-hybridized carbons (Fsp3) is 0.250. The minimum atomic E-state index is -3.74. The molecule has 1 aliphatic rings. The second-order valence-corrected chi connectivity index (χ2v) is 9.80. The minimum absolute atomic E-state index is 0.0343. The molecule has 31 heavy (non-hydrogen) atoms. The van der Waals surface area contributed by atoms with E-state index < -0.39 is 27.5 Å². The van der Waals surface area contributed by atoms with Gasteiger partial charge in [0.25, 0.3) is 11.8 Å². The first-order valence-corrected chi connectivity index (χ1v) is 11.9. The molecule has 164 valence electrons. The Labute approximate surface area is 184 Å². The number of thioether (sulfide) groups is 1. The van der Waals surface area contributed by atoms with Gasteiger partial charge in [0.15, 0.2) is 0 Å². The number of urea groups is 1. The Kier molecular flexibility index (Phi) is 6.68. The molecule has 0 radical (unpaired) electrons. The molecule has 3 rings (SSSR count). The first kappa shape index (κ1) is 22.8. The number of sulfonamides is 1. The fourth-order valence-corrected chi connectivity index (χ4v) is 4.60. The van der Waals surface area contributed by atoms with Gasteiger partial charge in [-0.25, -0.2) is 18.4 Å². The summed E-state index contributed by atoms with van der Waals surface area (Å²) in [6.07, 6.45) is 0.510. The highest BCUT2D eigenvalue weighted by atomic mass is 32.2. The van der Waals surface area contributed by atoms with Gasteiger partial charge in [0, 0.05) is 17.2 Å². The van der Waals surface area contributed by atoms with Crippen LogP contribution in [0.15, 0.2) is 58.3 Å². The Morgan fingerprint density at radius 2 is 1.81 bits per heavy atom. The summed E-state index contributed by atoms with van der Waals surface area (Å²) in [5.41, 5.74) is 0.269. The third kappa shape index (κ3) is 5.63. The molecule has 9 nitrogen and oxygen atoms in total. The molecule has 0 aromatic heterocycles. The molecule has 1 atom stereocenters. The van der Waals surface area contributed by atoms with Crippen LogP contribution >= 0.6 is 11.8 Å². The molecule has 0 bridgehead atoms. The van der Waals surface area contributed by atoms with Gasteiger partial charge >= 0.3 is 6.03 Å². The molecule has 1 heterocycles. The van der Waals surface area contributed by atoms with Crippen LogP contribution in [0.1, 0.15) is 22.8 Å². The summed E-state index contributed by atoms with van der Waals surface area (Å²) in [4.78, 5) is 36.8. The molecule has 1 unspecified atom stereocenters. The summed E-state index contributed by atoms with van der Waals surface area (Å²) in [6, 6.07) is 12.6. The van der Waals surface area contributed by atoms with E-state index >= 15 is 0 Å². The maximum atomic E-state index is 12.7. The zero-order valence-electron chi connectivity index (χ0n) is 16.7. The molecular formula is C20H22N4O5S2. The molecule has 0 saturated carbocycles. The average molecular weight is 463 g/mol. The molecule has 1 aliphatic heterocycles. The summed E-state index contributed by atoms with van der Waals surface area (Å²) in [5.74, 6) is -0.402. The number of benzene rings is 2. The van der Waals surface area contributed by atoms with Crippen molar-refractivity contribution in [1.82, 2.24) is 16.0 Å². The number of primary sulfonamides is 1. The zero-order chi connectivity index (χ0) is 22.6. The predicted molar refractivity (Wildman–Crippen MR) is 116 cm³/mol. The van der Waals surface area contributed by atoms with Crippen LogP contribution < -0.4 is 21.1 Å². The van der Waals surface area contributed by atoms with E-state index in [-0.39, 0.29) is 16.6 Å². The third-order valence-corrected chi connectivity index (χ3v) is 7.03. The third-order valence-electron chi connectivity index (χ3n) is 4.72. The molecule has 2 aromatic carbocycles. The monoisotopic (exact) mass is 462 g/mol. The van der Waals surface area contributed by atoms with Crippen molar-refractivity contribution < 1.29 is 22.8 Å². The summed E-state index contributed by atoms with van der Waals surface area (Å²) >= 11 is 1.31. The van der Waals surface area contributed by atoms with E-state index in [1.165, 1.54) is 23.9 Å². The molecular weight excluding hydrogens is 440 g/mol. The number of carbonyl (C=O) groups excluding carboxylic acids is 3. The van der Waals surface area contributed by atoms with Crippen LogP contribution in [0.5, 0.6) is 0 Å². The average Bonchev–Trinajstić information content (AvgIpc) is 2.98. The van der Waals surface area contributed by atoms with Gasteiger partial charge in [0.2, 0.25) is 10.0 Å². The highest BCUT2D eigenvalue weighted by Gasteiger charge is 2.41. The minimum Gasteiger partial charge on any atom is -0.352 e. The highest BCUT2D eigenvalue weighted by molar-refractivity contribution is 7.99. The van der Waals surface area contributed by atoms with E-state index in [4.69, 9.17) is 5.14 Å². The summed E-state index contributed by atoms with van der Waals surface area (Å²) < 4.78 is 22.6. The normalized spacial score (nSPS) is 18.4. The first-order valence-electron chi connectivity index (χ1n) is 9.34. The standard InChI is InChI=1S/C20H22N4O5S2/c1-20(18(26)23-19(27)24-20)12-30-16-5-3-2-4-15(16)17(25)22-11-10-13-6-8-14(9-7-13)31(21,28)29/h2-9H,10-12H2,1H3,(H,22,25)(H2,21,28,29)(H2,23,24,26,27). The molecule has 2 aromatic rings. The molecule has 11 heteroatoms. The van der Waals surface area contributed by atoms with Gasteiger partial charge in [-0.05, 0) is 43.2 Å². The number of amides is 4. The number of nitrogens with two attached hydrogens (primary N) is 1. The Morgan fingerprint density at radius 1 is 1.13 bits per heavy atom. The van der Waals surface area contributed by atoms with Crippen molar-refractivity contribution in [3.8, 4) is 0 Å². The molecule has 0 spiro atoms. The van der Waals surface area contributed by atoms with Crippen molar-refractivity contribution >= 4 is 39.6 Å². The lowest BCUT2D eigenvalue weighted by Crippen LogP contribution is -2.46. The van der Waals surface area contributed by atoms with Crippen molar-refractivity contribution in [1.29, 1.82) is 0 Å². The largest absolute Gasteiger partial charge is 0.352 e. The Morgan fingerprint density at radius 3 is 2.42 bits per heavy atom. The van der Waals surface area contributed by atoms with E-state index in [1.807, 2.05) is 0 Å². The number of hydrogen-bond donors (Lipinski definition) is 4. The van der Waals surface area contributed by atoms with Crippen molar-refractivity contribution in [2.24, 2.45) is 5.14 Å². The molecule has 0 aliphatic carbocycles. The van der Waals surface area contributed by atoms with Crippen molar-refractivity contribution in [3.05, 3.63) is 59.7 Å². The predicted octanol–water partition coefficient (Wildman–Crippen LogP) is 0.997. The summed E-state index contributed by atoms with van der Waals surface area (Å²) in [5, 5.41) is 12.7. The number of nitrogens with one attached hydrogen (secondary N) is 3. The van der Waals surface area contributed by atoms with Crippen LogP contribution in [0, 0.1) is 0 Å². The van der Waals surface area contributed by atoms with E-state index in [0.717, 1.165) is 5.56 Å². The molecule has 1 saturated heterocycles. The maximum absolute atomic E-state index is 12.7. The van der Waals surface area contributed by atoms with E-state index in [1.54, 1.807) is 43.3 Å². The fourth-order valence-electron chi connectivity index (χ4n) is 2.94. The van der Waals surface area contributed by atoms with E-state index in [2.05, 4.69) is 16.0 Å². The van der Waals surface area contributed by atoms with Gasteiger partial charge in [-0.1, -0.05) is 24.3 Å². The van der Waals surface area contributed by atoms with Crippen LogP contribution in [0.25, 0.3) is 0 Å². The number of hydrogen-bond acceptors (Lipinski definition) is 6. The lowest BCUT2D eigenvalue weighted by molar-refractivity contribution is -0.122. The topological polar surface area (TPSA) is 147 Å². The van der Waals surface area contributed by atoms with Gasteiger partial charge in [0.05, 0.1) is 10.5 Å². The summed E-state index contributed by atoms with van der Waals surface area (Å²) in [6.45, 7) is 1.98. The lowest BCUT2D eigenvalue weighted by atomic mass is 10.1. The van der Waals surface area contributed by atoms with E-state index in [9.17, 15) is 22.8 Å². The number of imide groups is 1. The quantitative estimate of drug-likeness (QED) is 0.340. The zero-order valence-corrected chi connectivity index (χ0v) is 18.3. The van der Waals surface area contributed by atoms with E-state index in [0.29, 0.717) is 23.4 Å². The maximum Gasteiger partial charge on any atom is 0.322 e. The smallest absolute Gasteiger partial charge is 0.322 e. The van der Waals surface area contributed by atoms with Gasteiger partial charge < -0.3 is 10.6 Å². The number of carbonyl (C=O) groups is 3. The second-order valence-electron chi connectivity index (χ2n) is 7.22. The summed E-state index contributed by atoms with van der Waals surface area (Å²) in [7, 11) is -3.74. The van der Waals surface area contributed by atoms with Gasteiger partial charge in [-0.15, -0.1) is 11.8 Å². The van der Waals surface area contributed by atoms with Crippen molar-refractivity contribution in [3.63, 3.8) is 0 Å². The van der Waals surface area contributed by atoms with Crippen LogP contribution in [0.3, 0.4) is 0 Å². The second kappa shape index (κ2) is 9.08. The van der Waals surface area contributed by atoms with Crippen LogP contribution in [0.2, 0.25) is 0 Å². The van der Waals surface area contributed by atoms with Crippen LogP contribution in [0.4, 0.5) is 4.79 Å².